The minimum atomic E-state index is -0.162. The molecule has 0 aliphatic carbocycles. The minimum absolute atomic E-state index is 0.0301. The van der Waals surface area contributed by atoms with E-state index in [4.69, 9.17) is 0 Å². The van der Waals surface area contributed by atoms with Crippen LogP contribution in [0.1, 0.15) is 94.3 Å². The lowest BCUT2D eigenvalue weighted by Crippen LogP contribution is -2.13. The molecule has 0 radical (unpaired) electrons. The molecule has 0 heterocycles. The Morgan fingerprint density at radius 3 is 1.81 bits per heavy atom. The first-order chi connectivity index (χ1) is 15.2. The van der Waals surface area contributed by atoms with Gasteiger partial charge in [0.05, 0.1) is 0 Å². The summed E-state index contributed by atoms with van der Waals surface area (Å²) in [7, 11) is 0. The summed E-state index contributed by atoms with van der Waals surface area (Å²) < 4.78 is 0. The van der Waals surface area contributed by atoms with Gasteiger partial charge in [-0.2, -0.15) is 0 Å². The van der Waals surface area contributed by atoms with Gasteiger partial charge in [-0.3, -0.25) is 9.59 Å². The fraction of sp³-hybridized carbons (Fsp3) is 0.481. The molecule has 4 nitrogen and oxygen atoms in total. The van der Waals surface area contributed by atoms with Gasteiger partial charge in [0.25, 0.3) is 5.91 Å². The molecule has 0 aliphatic rings. The second-order valence-electron chi connectivity index (χ2n) is 8.23. The van der Waals surface area contributed by atoms with Crippen LogP contribution in [0.2, 0.25) is 0 Å². The fourth-order valence-electron chi connectivity index (χ4n) is 3.64. The molecule has 2 N–H and O–H groups in total. The van der Waals surface area contributed by atoms with E-state index in [-0.39, 0.29) is 11.8 Å². The molecule has 2 aromatic rings. The predicted molar refractivity (Wildman–Crippen MR) is 131 cm³/mol. The molecule has 0 atom stereocenters. The van der Waals surface area contributed by atoms with E-state index in [0.29, 0.717) is 23.4 Å². The Labute approximate surface area is 187 Å². The highest BCUT2D eigenvalue weighted by Crippen LogP contribution is 2.17. The van der Waals surface area contributed by atoms with Crippen LogP contribution >= 0.6 is 0 Å². The number of benzene rings is 2. The van der Waals surface area contributed by atoms with Crippen molar-refractivity contribution in [2.75, 3.05) is 10.6 Å². The zero-order valence-corrected chi connectivity index (χ0v) is 19.0. The monoisotopic (exact) mass is 422 g/mol. The van der Waals surface area contributed by atoms with Crippen LogP contribution in [0.3, 0.4) is 0 Å². The largest absolute Gasteiger partial charge is 0.326 e. The smallest absolute Gasteiger partial charge is 0.255 e. The fourth-order valence-corrected chi connectivity index (χ4v) is 3.64. The van der Waals surface area contributed by atoms with Crippen LogP contribution in [0.5, 0.6) is 0 Å². The topological polar surface area (TPSA) is 58.2 Å². The lowest BCUT2D eigenvalue weighted by molar-refractivity contribution is -0.116. The summed E-state index contributed by atoms with van der Waals surface area (Å²) in [5.74, 6) is -0.132. The first kappa shape index (κ1) is 24.6. The van der Waals surface area contributed by atoms with Gasteiger partial charge >= 0.3 is 0 Å². The minimum Gasteiger partial charge on any atom is -0.326 e. The van der Waals surface area contributed by atoms with Gasteiger partial charge in [0.2, 0.25) is 5.91 Å². The summed E-state index contributed by atoms with van der Waals surface area (Å²) in [5.41, 5.74) is 1.98. The molecular formula is C27H38N2O2. The zero-order chi connectivity index (χ0) is 22.2. The molecule has 0 saturated heterocycles. The summed E-state index contributed by atoms with van der Waals surface area (Å²) in [5, 5.41) is 5.81. The van der Waals surface area contributed by atoms with Gasteiger partial charge in [-0.15, -0.1) is 0 Å². The SMILES string of the molecule is CCCCCCCCCCCCCC(=O)Nc1cccc(NC(=O)c2ccccc2)c1. The molecule has 2 amide bonds. The van der Waals surface area contributed by atoms with Crippen LogP contribution in [-0.4, -0.2) is 11.8 Å². The number of carbonyl (C=O) groups excluding carboxylic acids is 2. The van der Waals surface area contributed by atoms with Crippen molar-refractivity contribution in [1.29, 1.82) is 0 Å². The Hall–Kier alpha value is -2.62. The van der Waals surface area contributed by atoms with Crippen molar-refractivity contribution >= 4 is 23.2 Å². The van der Waals surface area contributed by atoms with E-state index >= 15 is 0 Å². The Balaban J connectivity index is 1.59. The van der Waals surface area contributed by atoms with Gasteiger partial charge in [-0.1, -0.05) is 95.4 Å². The molecule has 0 unspecified atom stereocenters. The highest BCUT2D eigenvalue weighted by Gasteiger charge is 2.07. The lowest BCUT2D eigenvalue weighted by atomic mass is 10.1. The molecular weight excluding hydrogens is 384 g/mol. The quantitative estimate of drug-likeness (QED) is 0.291. The number of carbonyl (C=O) groups is 2. The number of amides is 2. The van der Waals surface area contributed by atoms with Gasteiger partial charge in [0.15, 0.2) is 0 Å². The number of hydrogen-bond donors (Lipinski definition) is 2. The first-order valence-corrected chi connectivity index (χ1v) is 12.0. The number of rotatable bonds is 15. The van der Waals surface area contributed by atoms with Gasteiger partial charge < -0.3 is 10.6 Å². The van der Waals surface area contributed by atoms with Crippen molar-refractivity contribution < 1.29 is 9.59 Å². The Morgan fingerprint density at radius 1 is 0.645 bits per heavy atom. The molecule has 0 saturated carbocycles. The summed E-state index contributed by atoms with van der Waals surface area (Å²) >= 11 is 0. The van der Waals surface area contributed by atoms with Crippen LogP contribution < -0.4 is 10.6 Å². The lowest BCUT2D eigenvalue weighted by Gasteiger charge is -2.09. The molecule has 0 spiro atoms. The molecule has 168 valence electrons. The molecule has 2 rings (SSSR count). The van der Waals surface area contributed by atoms with Crippen molar-refractivity contribution in [1.82, 2.24) is 0 Å². The summed E-state index contributed by atoms with van der Waals surface area (Å²) in [6.45, 7) is 2.25. The standard InChI is InChI=1S/C27H38N2O2/c1-2-3-4-5-6-7-8-9-10-11-15-21-26(30)28-24-19-16-20-25(22-24)29-27(31)23-17-13-12-14-18-23/h12-14,16-20,22H,2-11,15,21H2,1H3,(H,28,30)(H,29,31). The molecule has 31 heavy (non-hydrogen) atoms. The average molecular weight is 423 g/mol. The van der Waals surface area contributed by atoms with Crippen LogP contribution in [0, 0.1) is 0 Å². The maximum Gasteiger partial charge on any atom is 0.255 e. The highest BCUT2D eigenvalue weighted by molar-refractivity contribution is 6.04. The normalized spacial score (nSPS) is 10.6. The highest BCUT2D eigenvalue weighted by atomic mass is 16.2. The van der Waals surface area contributed by atoms with E-state index in [1.54, 1.807) is 18.2 Å². The van der Waals surface area contributed by atoms with Gasteiger partial charge in [-0.25, -0.2) is 0 Å². The molecule has 0 aromatic heterocycles. The number of unbranched alkanes of at least 4 members (excludes halogenated alkanes) is 10. The van der Waals surface area contributed by atoms with Crippen molar-refractivity contribution in [3.05, 3.63) is 60.2 Å². The van der Waals surface area contributed by atoms with Crippen LogP contribution in [-0.2, 0) is 4.79 Å². The van der Waals surface area contributed by atoms with E-state index in [2.05, 4.69) is 17.6 Å². The third-order valence-electron chi connectivity index (χ3n) is 5.45. The van der Waals surface area contributed by atoms with E-state index in [1.807, 2.05) is 36.4 Å². The van der Waals surface area contributed by atoms with Crippen molar-refractivity contribution in [3.63, 3.8) is 0 Å². The Bertz CT molecular complexity index is 774. The van der Waals surface area contributed by atoms with Crippen LogP contribution in [0.25, 0.3) is 0 Å². The summed E-state index contributed by atoms with van der Waals surface area (Å²) in [6, 6.07) is 16.4. The van der Waals surface area contributed by atoms with Crippen LogP contribution in [0.15, 0.2) is 54.6 Å². The third kappa shape index (κ3) is 10.8. The summed E-state index contributed by atoms with van der Waals surface area (Å²) in [6.07, 6.45) is 14.5. The van der Waals surface area contributed by atoms with E-state index < -0.39 is 0 Å². The second-order valence-corrected chi connectivity index (χ2v) is 8.23. The Kier molecular flexibility index (Phi) is 12.1. The molecule has 0 aliphatic heterocycles. The van der Waals surface area contributed by atoms with E-state index in [9.17, 15) is 9.59 Å². The molecule has 0 bridgehead atoms. The van der Waals surface area contributed by atoms with Crippen molar-refractivity contribution in [2.24, 2.45) is 0 Å². The number of nitrogens with one attached hydrogen (secondary N) is 2. The molecule has 4 heteroatoms. The zero-order valence-electron chi connectivity index (χ0n) is 19.0. The molecule has 0 fully saturated rings. The van der Waals surface area contributed by atoms with Crippen LogP contribution in [0.4, 0.5) is 11.4 Å². The van der Waals surface area contributed by atoms with Crippen molar-refractivity contribution in [3.8, 4) is 0 Å². The first-order valence-electron chi connectivity index (χ1n) is 12.0. The predicted octanol–water partition coefficient (Wildman–Crippen LogP) is 7.58. The molecule has 2 aromatic carbocycles. The second kappa shape index (κ2) is 15.2. The van der Waals surface area contributed by atoms with Gasteiger partial charge in [-0.05, 0) is 36.8 Å². The average Bonchev–Trinajstić information content (AvgIpc) is 2.78. The van der Waals surface area contributed by atoms with Gasteiger partial charge in [0.1, 0.15) is 0 Å². The maximum atomic E-state index is 12.3. The van der Waals surface area contributed by atoms with E-state index in [1.165, 1.54) is 57.8 Å². The third-order valence-corrected chi connectivity index (χ3v) is 5.45. The number of hydrogen-bond acceptors (Lipinski definition) is 2. The maximum absolute atomic E-state index is 12.3. The van der Waals surface area contributed by atoms with Gasteiger partial charge in [0, 0.05) is 23.4 Å². The Morgan fingerprint density at radius 2 is 1.19 bits per heavy atom. The van der Waals surface area contributed by atoms with E-state index in [0.717, 1.165) is 12.8 Å². The number of anilines is 2. The van der Waals surface area contributed by atoms with Crippen molar-refractivity contribution in [2.45, 2.75) is 84.0 Å². The summed E-state index contributed by atoms with van der Waals surface area (Å²) in [4.78, 5) is 24.5.